The van der Waals surface area contributed by atoms with Gasteiger partial charge in [-0.1, -0.05) is 60.2 Å². The van der Waals surface area contributed by atoms with Crippen LogP contribution < -0.4 is 5.32 Å². The average molecular weight is 490 g/mol. The molecule has 188 valence electrons. The van der Waals surface area contributed by atoms with E-state index in [0.717, 1.165) is 25.2 Å². The fourth-order valence-corrected chi connectivity index (χ4v) is 4.23. The molecule has 36 heavy (non-hydrogen) atoms. The highest BCUT2D eigenvalue weighted by Crippen LogP contribution is 2.11. The Labute approximate surface area is 210 Å². The molecule has 1 aromatic heterocycles. The quantitative estimate of drug-likeness (QED) is 0.465. The van der Waals surface area contributed by atoms with Gasteiger partial charge in [0.1, 0.15) is 6.04 Å². The van der Waals surface area contributed by atoms with Crippen molar-refractivity contribution in [2.45, 2.75) is 25.9 Å². The Bertz CT molecular complexity index is 1150. The first-order chi connectivity index (χ1) is 17.5. The van der Waals surface area contributed by atoms with Gasteiger partial charge in [-0.3, -0.25) is 14.5 Å². The van der Waals surface area contributed by atoms with Crippen molar-refractivity contribution >= 4 is 17.8 Å². The second kappa shape index (κ2) is 12.2. The van der Waals surface area contributed by atoms with Crippen LogP contribution in [0, 0.1) is 6.92 Å². The highest BCUT2D eigenvalue weighted by molar-refractivity contribution is 5.94. The van der Waals surface area contributed by atoms with Gasteiger partial charge in [0, 0.05) is 39.1 Å². The Kier molecular flexibility index (Phi) is 8.52. The summed E-state index contributed by atoms with van der Waals surface area (Å²) in [4.78, 5) is 42.1. The highest BCUT2D eigenvalue weighted by atomic mass is 16.5. The van der Waals surface area contributed by atoms with E-state index in [9.17, 15) is 14.4 Å². The molecular formula is C28H31N3O5. The number of esters is 1. The van der Waals surface area contributed by atoms with Gasteiger partial charge in [-0.25, -0.2) is 4.79 Å². The molecule has 1 fully saturated rings. The van der Waals surface area contributed by atoms with Crippen molar-refractivity contribution in [3.05, 3.63) is 95.4 Å². The predicted molar refractivity (Wildman–Crippen MR) is 134 cm³/mol. The van der Waals surface area contributed by atoms with Gasteiger partial charge in [-0.05, 0) is 30.2 Å². The Hall–Kier alpha value is -3.91. The lowest BCUT2D eigenvalue weighted by atomic mass is 10.1. The molecule has 1 atom stereocenters. The van der Waals surface area contributed by atoms with Crippen LogP contribution >= 0.6 is 0 Å². The van der Waals surface area contributed by atoms with Gasteiger partial charge in [0.05, 0.1) is 6.26 Å². The summed E-state index contributed by atoms with van der Waals surface area (Å²) in [5.74, 6) is -1.33. The maximum atomic E-state index is 12.9. The molecule has 0 saturated carbocycles. The molecule has 2 aromatic carbocycles. The zero-order valence-corrected chi connectivity index (χ0v) is 20.4. The number of hydrogen-bond donors (Lipinski definition) is 1. The molecule has 2 amide bonds. The molecule has 1 N–H and O–H groups in total. The van der Waals surface area contributed by atoms with Gasteiger partial charge in [0.25, 0.3) is 11.8 Å². The van der Waals surface area contributed by atoms with Crippen LogP contribution in [0.4, 0.5) is 0 Å². The zero-order chi connectivity index (χ0) is 25.3. The summed E-state index contributed by atoms with van der Waals surface area (Å²) >= 11 is 0. The van der Waals surface area contributed by atoms with Crippen LogP contribution in [0.25, 0.3) is 0 Å². The summed E-state index contributed by atoms with van der Waals surface area (Å²) in [7, 11) is 0. The van der Waals surface area contributed by atoms with Crippen molar-refractivity contribution in [3.63, 3.8) is 0 Å². The third-order valence-corrected chi connectivity index (χ3v) is 6.17. The number of carbonyl (C=O) groups is 3. The Balaban J connectivity index is 1.28. The fraction of sp³-hybridized carbons (Fsp3) is 0.321. The van der Waals surface area contributed by atoms with Crippen molar-refractivity contribution in [1.82, 2.24) is 15.1 Å². The number of amides is 2. The van der Waals surface area contributed by atoms with E-state index in [1.165, 1.54) is 23.5 Å². The van der Waals surface area contributed by atoms with Crippen molar-refractivity contribution in [1.29, 1.82) is 0 Å². The van der Waals surface area contributed by atoms with Gasteiger partial charge in [0.15, 0.2) is 12.4 Å². The number of ether oxygens (including phenoxy) is 1. The summed E-state index contributed by atoms with van der Waals surface area (Å²) in [5, 5.41) is 2.67. The van der Waals surface area contributed by atoms with Crippen LogP contribution in [-0.2, 0) is 27.3 Å². The van der Waals surface area contributed by atoms with Gasteiger partial charge in [0.2, 0.25) is 0 Å². The number of benzene rings is 2. The first kappa shape index (κ1) is 25.2. The van der Waals surface area contributed by atoms with Crippen molar-refractivity contribution in [3.8, 4) is 0 Å². The molecule has 0 aliphatic carbocycles. The molecular weight excluding hydrogens is 458 g/mol. The third-order valence-electron chi connectivity index (χ3n) is 6.17. The smallest absolute Gasteiger partial charge is 0.329 e. The number of hydrogen-bond acceptors (Lipinski definition) is 6. The number of aryl methyl sites for hydroxylation is 1. The average Bonchev–Trinajstić information content (AvgIpc) is 3.43. The molecule has 3 aromatic rings. The first-order valence-electron chi connectivity index (χ1n) is 12.1. The monoisotopic (exact) mass is 489 g/mol. The summed E-state index contributed by atoms with van der Waals surface area (Å²) < 4.78 is 10.5. The van der Waals surface area contributed by atoms with Crippen LogP contribution in [0.3, 0.4) is 0 Å². The van der Waals surface area contributed by atoms with E-state index in [2.05, 4.69) is 41.4 Å². The Morgan fingerprint density at radius 2 is 1.69 bits per heavy atom. The first-order valence-corrected chi connectivity index (χ1v) is 12.1. The molecule has 0 spiro atoms. The summed E-state index contributed by atoms with van der Waals surface area (Å²) in [6, 6.07) is 19.9. The number of nitrogens with zero attached hydrogens (tertiary/aromatic N) is 2. The van der Waals surface area contributed by atoms with Crippen molar-refractivity contribution in [2.75, 3.05) is 32.8 Å². The van der Waals surface area contributed by atoms with Crippen LogP contribution in [0.1, 0.15) is 27.2 Å². The number of rotatable bonds is 9. The molecule has 8 nitrogen and oxygen atoms in total. The summed E-state index contributed by atoms with van der Waals surface area (Å²) in [6.45, 7) is 5.21. The number of nitrogens with one attached hydrogen (secondary N) is 1. The van der Waals surface area contributed by atoms with E-state index in [0.29, 0.717) is 13.1 Å². The molecule has 1 saturated heterocycles. The second-order valence-electron chi connectivity index (χ2n) is 8.95. The normalized spacial score (nSPS) is 14.8. The van der Waals surface area contributed by atoms with Gasteiger partial charge in [-0.15, -0.1) is 0 Å². The SMILES string of the molecule is Cc1cccc(CN2CCN(C(=O)COC(=O)[C@H](Cc3ccccc3)NC(=O)c3ccco3)CC2)c1. The molecule has 1 aliphatic heterocycles. The van der Waals surface area contributed by atoms with E-state index >= 15 is 0 Å². The Morgan fingerprint density at radius 1 is 0.944 bits per heavy atom. The van der Waals surface area contributed by atoms with Gasteiger partial charge < -0.3 is 19.4 Å². The summed E-state index contributed by atoms with van der Waals surface area (Å²) in [5.41, 5.74) is 3.34. The largest absolute Gasteiger partial charge is 0.459 e. The number of carbonyl (C=O) groups excluding carboxylic acids is 3. The van der Waals surface area contributed by atoms with Crippen LogP contribution in [0.15, 0.2) is 77.4 Å². The zero-order valence-electron chi connectivity index (χ0n) is 20.4. The van der Waals surface area contributed by atoms with E-state index in [1.54, 1.807) is 11.0 Å². The van der Waals surface area contributed by atoms with Crippen molar-refractivity contribution < 1.29 is 23.5 Å². The summed E-state index contributed by atoms with van der Waals surface area (Å²) in [6.07, 6.45) is 1.62. The molecule has 0 radical (unpaired) electrons. The standard InChI is InChI=1S/C28H31N3O5/c1-21-7-5-10-23(17-21)19-30-12-14-31(15-13-30)26(32)20-36-28(34)24(18-22-8-3-2-4-9-22)29-27(33)25-11-6-16-35-25/h2-11,16-17,24H,12-15,18-20H2,1H3,(H,29,33)/t24-/m0/s1. The van der Waals surface area contributed by atoms with Gasteiger partial charge >= 0.3 is 5.97 Å². The van der Waals surface area contributed by atoms with Gasteiger partial charge in [-0.2, -0.15) is 0 Å². The van der Waals surface area contributed by atoms with Crippen molar-refractivity contribution in [2.24, 2.45) is 0 Å². The number of furan rings is 1. The van der Waals surface area contributed by atoms with Crippen LogP contribution in [-0.4, -0.2) is 66.4 Å². The maximum absolute atomic E-state index is 12.9. The minimum atomic E-state index is -0.955. The molecule has 8 heteroatoms. The topological polar surface area (TPSA) is 92.1 Å². The minimum absolute atomic E-state index is 0.0977. The lowest BCUT2D eigenvalue weighted by Gasteiger charge is -2.34. The fourth-order valence-electron chi connectivity index (χ4n) is 4.23. The Morgan fingerprint density at radius 3 is 2.39 bits per heavy atom. The molecule has 0 bridgehead atoms. The molecule has 0 unspecified atom stereocenters. The van der Waals surface area contributed by atoms with Crippen LogP contribution in [0.5, 0.6) is 0 Å². The minimum Gasteiger partial charge on any atom is -0.459 e. The molecule has 2 heterocycles. The van der Waals surface area contributed by atoms with E-state index in [-0.39, 0.29) is 24.7 Å². The molecule has 4 rings (SSSR count). The second-order valence-corrected chi connectivity index (χ2v) is 8.95. The van der Waals surface area contributed by atoms with E-state index < -0.39 is 17.9 Å². The van der Waals surface area contributed by atoms with E-state index in [1.807, 2.05) is 30.3 Å². The molecule has 1 aliphatic rings. The third kappa shape index (κ3) is 7.05. The predicted octanol–water partition coefficient (Wildman–Crippen LogP) is 2.82. The number of piperazine rings is 1. The van der Waals surface area contributed by atoms with Crippen LogP contribution in [0.2, 0.25) is 0 Å². The lowest BCUT2D eigenvalue weighted by Crippen LogP contribution is -2.50. The van der Waals surface area contributed by atoms with E-state index in [4.69, 9.17) is 9.15 Å². The lowest BCUT2D eigenvalue weighted by molar-refractivity contribution is -0.154. The highest BCUT2D eigenvalue weighted by Gasteiger charge is 2.27. The maximum Gasteiger partial charge on any atom is 0.329 e.